The number of nitrogens with one attached hydrogen (secondary N) is 1. The Bertz CT molecular complexity index is 212. The zero-order valence-corrected chi connectivity index (χ0v) is 11.0. The summed E-state index contributed by atoms with van der Waals surface area (Å²) in [6.45, 7) is 7.66. The molecule has 1 aromatic rings. The summed E-state index contributed by atoms with van der Waals surface area (Å²) < 4.78 is 2.09. The Hall–Kier alpha value is -0.250. The van der Waals surface area contributed by atoms with Crippen LogP contribution in [0.3, 0.4) is 0 Å². The molecule has 1 heterocycles. The highest BCUT2D eigenvalue weighted by atomic mass is 35.5. The molecule has 3 nitrogen and oxygen atoms in total. The molecule has 0 amide bonds. The molecule has 0 unspecified atom stereocenters. The fourth-order valence-corrected chi connectivity index (χ4v) is 1.14. The summed E-state index contributed by atoms with van der Waals surface area (Å²) in [7, 11) is 0. The van der Waals surface area contributed by atoms with Gasteiger partial charge in [0.25, 0.3) is 0 Å². The molecule has 0 radical (unpaired) electrons. The van der Waals surface area contributed by atoms with Gasteiger partial charge in [-0.05, 0) is 18.9 Å². The fourth-order valence-electron chi connectivity index (χ4n) is 1.14. The minimum atomic E-state index is 0. The van der Waals surface area contributed by atoms with Gasteiger partial charge in [0.15, 0.2) is 0 Å². The van der Waals surface area contributed by atoms with Crippen LogP contribution in [-0.2, 0) is 6.54 Å². The van der Waals surface area contributed by atoms with Crippen molar-refractivity contribution in [1.29, 1.82) is 0 Å². The van der Waals surface area contributed by atoms with Crippen LogP contribution in [0.25, 0.3) is 0 Å². The second-order valence-corrected chi connectivity index (χ2v) is 3.73. The van der Waals surface area contributed by atoms with Gasteiger partial charge < -0.3 is 9.88 Å². The largest absolute Gasteiger partial charge is 0.336 e. The maximum atomic E-state index is 3.98. The molecular weight excluding hydrogens is 233 g/mol. The molecule has 0 fully saturated rings. The lowest BCUT2D eigenvalue weighted by Gasteiger charge is -2.06. The van der Waals surface area contributed by atoms with Gasteiger partial charge >= 0.3 is 0 Å². The predicted octanol–water partition coefficient (Wildman–Crippen LogP) is 2.36. The van der Waals surface area contributed by atoms with Crippen LogP contribution in [0.2, 0.25) is 0 Å². The van der Waals surface area contributed by atoms with E-state index in [4.69, 9.17) is 0 Å². The number of aromatic nitrogens is 2. The second kappa shape index (κ2) is 10.3. The third kappa shape index (κ3) is 8.73. The van der Waals surface area contributed by atoms with Crippen molar-refractivity contribution >= 4 is 24.8 Å². The lowest BCUT2D eigenvalue weighted by atomic mass is 10.1. The molecule has 5 heteroatoms. The van der Waals surface area contributed by atoms with Crippen LogP contribution in [0.1, 0.15) is 20.3 Å². The summed E-state index contributed by atoms with van der Waals surface area (Å²) in [5, 5.41) is 3.41. The van der Waals surface area contributed by atoms with Gasteiger partial charge in [0.05, 0.1) is 6.33 Å². The van der Waals surface area contributed by atoms with Gasteiger partial charge in [-0.3, -0.25) is 0 Å². The molecule has 0 aliphatic heterocycles. The number of hydrogen-bond donors (Lipinski definition) is 1. The summed E-state index contributed by atoms with van der Waals surface area (Å²) in [6, 6.07) is 0. The molecule has 1 rings (SSSR count). The molecule has 1 aromatic heterocycles. The van der Waals surface area contributed by atoms with Crippen LogP contribution >= 0.6 is 24.8 Å². The Morgan fingerprint density at radius 1 is 1.27 bits per heavy atom. The Morgan fingerprint density at radius 2 is 2.00 bits per heavy atom. The number of imidazole rings is 1. The Labute approximate surface area is 104 Å². The topological polar surface area (TPSA) is 29.9 Å². The highest BCUT2D eigenvalue weighted by Gasteiger charge is 1.93. The van der Waals surface area contributed by atoms with Crippen LogP contribution in [-0.4, -0.2) is 22.6 Å². The summed E-state index contributed by atoms with van der Waals surface area (Å²) in [5.41, 5.74) is 0. The van der Waals surface area contributed by atoms with Crippen LogP contribution in [0, 0.1) is 5.92 Å². The normalized spacial score (nSPS) is 9.53. The first-order valence-corrected chi connectivity index (χ1v) is 4.95. The van der Waals surface area contributed by atoms with Crippen LogP contribution < -0.4 is 5.32 Å². The maximum Gasteiger partial charge on any atom is 0.0946 e. The summed E-state index contributed by atoms with van der Waals surface area (Å²) in [4.78, 5) is 3.98. The Balaban J connectivity index is 0. The van der Waals surface area contributed by atoms with Gasteiger partial charge in [0, 0.05) is 25.5 Å². The average molecular weight is 254 g/mol. The maximum absolute atomic E-state index is 3.98. The number of rotatable bonds is 6. The van der Waals surface area contributed by atoms with Gasteiger partial charge in [-0.25, -0.2) is 4.98 Å². The smallest absolute Gasteiger partial charge is 0.0946 e. The van der Waals surface area contributed by atoms with E-state index in [1.807, 2.05) is 18.7 Å². The average Bonchev–Trinajstić information content (AvgIpc) is 2.55. The Morgan fingerprint density at radius 3 is 2.53 bits per heavy atom. The van der Waals surface area contributed by atoms with E-state index in [2.05, 4.69) is 28.7 Å². The molecule has 0 saturated carbocycles. The highest BCUT2D eigenvalue weighted by molar-refractivity contribution is 5.85. The van der Waals surface area contributed by atoms with Crippen LogP contribution in [0.5, 0.6) is 0 Å². The van der Waals surface area contributed by atoms with Crippen LogP contribution in [0.15, 0.2) is 18.7 Å². The molecule has 0 aliphatic rings. The van der Waals surface area contributed by atoms with E-state index in [1.165, 1.54) is 6.42 Å². The van der Waals surface area contributed by atoms with Crippen molar-refractivity contribution in [2.75, 3.05) is 13.1 Å². The summed E-state index contributed by atoms with van der Waals surface area (Å²) >= 11 is 0. The first-order chi connectivity index (χ1) is 6.29. The zero-order chi connectivity index (χ0) is 9.52. The molecule has 15 heavy (non-hydrogen) atoms. The van der Waals surface area contributed by atoms with E-state index in [-0.39, 0.29) is 24.8 Å². The van der Waals surface area contributed by atoms with Crippen molar-refractivity contribution in [3.63, 3.8) is 0 Å². The van der Waals surface area contributed by atoms with Crippen molar-refractivity contribution in [3.8, 4) is 0 Å². The van der Waals surface area contributed by atoms with E-state index in [9.17, 15) is 0 Å². The van der Waals surface area contributed by atoms with Crippen molar-refractivity contribution in [2.24, 2.45) is 5.92 Å². The lowest BCUT2D eigenvalue weighted by Crippen LogP contribution is -2.21. The quantitative estimate of drug-likeness (QED) is 0.790. The number of halogens is 2. The van der Waals surface area contributed by atoms with Gasteiger partial charge in [-0.1, -0.05) is 13.8 Å². The van der Waals surface area contributed by atoms with Crippen LogP contribution in [0.4, 0.5) is 0 Å². The molecule has 0 spiro atoms. The lowest BCUT2D eigenvalue weighted by molar-refractivity contribution is 0.519. The summed E-state index contributed by atoms with van der Waals surface area (Å²) in [5.74, 6) is 0.792. The monoisotopic (exact) mass is 253 g/mol. The van der Waals surface area contributed by atoms with E-state index in [1.54, 1.807) is 0 Å². The van der Waals surface area contributed by atoms with Crippen molar-refractivity contribution < 1.29 is 0 Å². The molecule has 1 N–H and O–H groups in total. The van der Waals surface area contributed by atoms with E-state index < -0.39 is 0 Å². The van der Waals surface area contributed by atoms with E-state index >= 15 is 0 Å². The van der Waals surface area contributed by atoms with Gasteiger partial charge in [-0.15, -0.1) is 24.8 Å². The third-order valence-corrected chi connectivity index (χ3v) is 2.00. The van der Waals surface area contributed by atoms with Gasteiger partial charge in [0.1, 0.15) is 0 Å². The van der Waals surface area contributed by atoms with E-state index in [0.717, 1.165) is 25.6 Å². The number of hydrogen-bond acceptors (Lipinski definition) is 2. The first kappa shape index (κ1) is 17.2. The fraction of sp³-hybridized carbons (Fsp3) is 0.700. The molecule has 0 aromatic carbocycles. The molecular formula is C10H21Cl2N3. The van der Waals surface area contributed by atoms with Crippen molar-refractivity contribution in [1.82, 2.24) is 14.9 Å². The molecule has 0 bridgehead atoms. The molecule has 90 valence electrons. The van der Waals surface area contributed by atoms with E-state index in [0.29, 0.717) is 0 Å². The Kier molecular flexibility index (Phi) is 11.7. The molecule has 0 saturated heterocycles. The third-order valence-electron chi connectivity index (χ3n) is 2.00. The highest BCUT2D eigenvalue weighted by Crippen LogP contribution is 1.95. The zero-order valence-electron chi connectivity index (χ0n) is 9.35. The van der Waals surface area contributed by atoms with Gasteiger partial charge in [-0.2, -0.15) is 0 Å². The SMILES string of the molecule is CC(C)CCNCCn1ccnc1.Cl.Cl. The minimum Gasteiger partial charge on any atom is -0.336 e. The predicted molar refractivity (Wildman–Crippen MR) is 69.0 cm³/mol. The second-order valence-electron chi connectivity index (χ2n) is 3.73. The standard InChI is InChI=1S/C10H19N3.2ClH/c1-10(2)3-4-11-5-7-13-8-6-12-9-13;;/h6,8-11H,3-5,7H2,1-2H3;2*1H. The van der Waals surface area contributed by atoms with Gasteiger partial charge in [0.2, 0.25) is 0 Å². The minimum absolute atomic E-state index is 0. The van der Waals surface area contributed by atoms with Crippen molar-refractivity contribution in [2.45, 2.75) is 26.8 Å². The molecule has 0 atom stereocenters. The summed E-state index contributed by atoms with van der Waals surface area (Å²) in [6.07, 6.45) is 6.91. The first-order valence-electron chi connectivity index (χ1n) is 4.95. The van der Waals surface area contributed by atoms with Crippen molar-refractivity contribution in [3.05, 3.63) is 18.7 Å². The number of nitrogens with zero attached hydrogens (tertiary/aromatic N) is 2. The molecule has 0 aliphatic carbocycles.